The zero-order chi connectivity index (χ0) is 20.2. The second-order valence-electron chi connectivity index (χ2n) is 6.40. The van der Waals surface area contributed by atoms with Gasteiger partial charge in [-0.2, -0.15) is 5.10 Å². The maximum absolute atomic E-state index is 5.93. The SMILES string of the molecule is CCOc1cccc2cc(/C(C)=N\NC(=S)NCc3ccc4c(c3)OCO4)oc12. The van der Waals surface area contributed by atoms with E-state index in [9.17, 15) is 0 Å². The van der Waals surface area contributed by atoms with Crippen LogP contribution in [0.2, 0.25) is 0 Å². The quantitative estimate of drug-likeness (QED) is 0.361. The fraction of sp³-hybridized carbons (Fsp3) is 0.238. The molecule has 3 aromatic rings. The molecule has 29 heavy (non-hydrogen) atoms. The number of hydrogen-bond donors (Lipinski definition) is 2. The van der Waals surface area contributed by atoms with Crippen LogP contribution in [-0.2, 0) is 6.54 Å². The van der Waals surface area contributed by atoms with Gasteiger partial charge in [0.1, 0.15) is 5.71 Å². The van der Waals surface area contributed by atoms with Crippen LogP contribution in [0.1, 0.15) is 25.2 Å². The molecule has 0 amide bonds. The van der Waals surface area contributed by atoms with Gasteiger partial charge in [0.25, 0.3) is 0 Å². The van der Waals surface area contributed by atoms with E-state index in [0.717, 1.165) is 28.2 Å². The normalized spacial score (nSPS) is 12.8. The van der Waals surface area contributed by atoms with E-state index in [1.807, 2.05) is 56.3 Å². The Hall–Kier alpha value is -3.26. The van der Waals surface area contributed by atoms with Gasteiger partial charge in [0.2, 0.25) is 6.79 Å². The molecule has 0 fully saturated rings. The summed E-state index contributed by atoms with van der Waals surface area (Å²) in [6.45, 7) is 5.17. The van der Waals surface area contributed by atoms with Crippen molar-refractivity contribution in [2.24, 2.45) is 5.10 Å². The van der Waals surface area contributed by atoms with Gasteiger partial charge in [-0.3, -0.25) is 5.43 Å². The molecule has 0 spiro atoms. The first kappa shape index (κ1) is 19.1. The Kier molecular flexibility index (Phi) is 5.53. The summed E-state index contributed by atoms with van der Waals surface area (Å²) < 4.78 is 22.2. The number of rotatable bonds is 6. The van der Waals surface area contributed by atoms with Crippen molar-refractivity contribution in [2.45, 2.75) is 20.4 Å². The number of hydrazone groups is 1. The van der Waals surface area contributed by atoms with Crippen molar-refractivity contribution in [3.63, 3.8) is 0 Å². The zero-order valence-corrected chi connectivity index (χ0v) is 17.0. The summed E-state index contributed by atoms with van der Waals surface area (Å²) in [4.78, 5) is 0. The van der Waals surface area contributed by atoms with Crippen molar-refractivity contribution in [1.82, 2.24) is 10.7 Å². The molecule has 8 heteroatoms. The van der Waals surface area contributed by atoms with Gasteiger partial charge in [-0.1, -0.05) is 18.2 Å². The van der Waals surface area contributed by atoms with E-state index in [1.54, 1.807) is 0 Å². The lowest BCUT2D eigenvalue weighted by Gasteiger charge is -2.08. The fourth-order valence-corrected chi connectivity index (χ4v) is 3.06. The first-order chi connectivity index (χ1) is 14.1. The molecule has 2 heterocycles. The number of benzene rings is 2. The Bertz CT molecular complexity index is 1080. The highest BCUT2D eigenvalue weighted by atomic mass is 32.1. The molecule has 1 aliphatic heterocycles. The molecule has 150 valence electrons. The van der Waals surface area contributed by atoms with E-state index in [0.29, 0.717) is 35.3 Å². The molecule has 0 saturated heterocycles. The molecular formula is C21H21N3O4S. The number of furan rings is 1. The molecule has 2 aromatic carbocycles. The Morgan fingerprint density at radius 2 is 2.03 bits per heavy atom. The van der Waals surface area contributed by atoms with Gasteiger partial charge in [-0.05, 0) is 55.9 Å². The minimum absolute atomic E-state index is 0.258. The summed E-state index contributed by atoms with van der Waals surface area (Å²) in [6, 6.07) is 13.5. The Morgan fingerprint density at radius 3 is 2.90 bits per heavy atom. The molecule has 0 radical (unpaired) electrons. The number of hydrogen-bond acceptors (Lipinski definition) is 6. The van der Waals surface area contributed by atoms with Gasteiger partial charge in [-0.15, -0.1) is 0 Å². The average molecular weight is 411 g/mol. The third kappa shape index (κ3) is 4.27. The number of fused-ring (bicyclic) bond motifs is 2. The molecule has 0 saturated carbocycles. The minimum Gasteiger partial charge on any atom is -0.490 e. The Morgan fingerprint density at radius 1 is 1.17 bits per heavy atom. The number of ether oxygens (including phenoxy) is 3. The van der Waals surface area contributed by atoms with E-state index in [4.69, 9.17) is 30.8 Å². The standard InChI is InChI=1S/C21H21N3O4S/c1-3-25-17-6-4-5-15-10-18(28-20(15)17)13(2)23-24-21(29)22-11-14-7-8-16-19(9-14)27-12-26-16/h4-10H,3,11-12H2,1-2H3,(H2,22,24,29)/b23-13-. The lowest BCUT2D eigenvalue weighted by atomic mass is 10.2. The van der Waals surface area contributed by atoms with E-state index < -0.39 is 0 Å². The van der Waals surface area contributed by atoms with Crippen molar-refractivity contribution >= 4 is 34.0 Å². The molecule has 0 aliphatic carbocycles. The van der Waals surface area contributed by atoms with Crippen molar-refractivity contribution in [3.05, 3.63) is 53.8 Å². The number of para-hydroxylation sites is 1. The predicted octanol–water partition coefficient (Wildman–Crippen LogP) is 3.95. The van der Waals surface area contributed by atoms with Crippen LogP contribution >= 0.6 is 12.2 Å². The molecule has 7 nitrogen and oxygen atoms in total. The van der Waals surface area contributed by atoms with Crippen LogP contribution in [0.4, 0.5) is 0 Å². The Balaban J connectivity index is 1.37. The van der Waals surface area contributed by atoms with E-state index in [1.165, 1.54) is 0 Å². The topological polar surface area (TPSA) is 77.2 Å². The lowest BCUT2D eigenvalue weighted by Crippen LogP contribution is -2.32. The largest absolute Gasteiger partial charge is 0.490 e. The monoisotopic (exact) mass is 411 g/mol. The summed E-state index contributed by atoms with van der Waals surface area (Å²) in [7, 11) is 0. The Labute approximate surface area is 173 Å². The summed E-state index contributed by atoms with van der Waals surface area (Å²) in [5, 5.41) is 8.81. The summed E-state index contributed by atoms with van der Waals surface area (Å²) in [5.41, 5.74) is 5.26. The highest BCUT2D eigenvalue weighted by molar-refractivity contribution is 7.80. The zero-order valence-electron chi connectivity index (χ0n) is 16.2. The van der Waals surface area contributed by atoms with E-state index in [-0.39, 0.29) is 6.79 Å². The van der Waals surface area contributed by atoms with Crippen LogP contribution in [-0.4, -0.2) is 24.2 Å². The number of nitrogens with zero attached hydrogens (tertiary/aromatic N) is 1. The highest BCUT2D eigenvalue weighted by Gasteiger charge is 2.13. The van der Waals surface area contributed by atoms with Crippen LogP contribution in [0.25, 0.3) is 11.0 Å². The van der Waals surface area contributed by atoms with Crippen LogP contribution in [0, 0.1) is 0 Å². The lowest BCUT2D eigenvalue weighted by molar-refractivity contribution is 0.174. The van der Waals surface area contributed by atoms with E-state index in [2.05, 4.69) is 15.8 Å². The van der Waals surface area contributed by atoms with Crippen LogP contribution in [0.3, 0.4) is 0 Å². The van der Waals surface area contributed by atoms with Gasteiger partial charge >= 0.3 is 0 Å². The van der Waals surface area contributed by atoms with Gasteiger partial charge in [0.05, 0.1) is 6.61 Å². The number of nitrogens with one attached hydrogen (secondary N) is 2. The van der Waals surface area contributed by atoms with Crippen molar-refractivity contribution in [3.8, 4) is 17.2 Å². The number of thiocarbonyl (C=S) groups is 1. The van der Waals surface area contributed by atoms with Crippen molar-refractivity contribution in [1.29, 1.82) is 0 Å². The van der Waals surface area contributed by atoms with Crippen LogP contribution in [0.5, 0.6) is 17.2 Å². The summed E-state index contributed by atoms with van der Waals surface area (Å²) >= 11 is 5.30. The molecule has 0 unspecified atom stereocenters. The first-order valence-electron chi connectivity index (χ1n) is 9.26. The van der Waals surface area contributed by atoms with Crippen molar-refractivity contribution in [2.75, 3.05) is 13.4 Å². The van der Waals surface area contributed by atoms with Crippen LogP contribution in [0.15, 0.2) is 52.0 Å². The molecule has 1 aromatic heterocycles. The third-order valence-corrected chi connectivity index (χ3v) is 4.62. The summed E-state index contributed by atoms with van der Waals surface area (Å²) in [6.07, 6.45) is 0. The molecule has 0 atom stereocenters. The van der Waals surface area contributed by atoms with Gasteiger partial charge in [0.15, 0.2) is 33.7 Å². The van der Waals surface area contributed by atoms with Crippen molar-refractivity contribution < 1.29 is 18.6 Å². The smallest absolute Gasteiger partial charge is 0.231 e. The highest BCUT2D eigenvalue weighted by Crippen LogP contribution is 2.32. The maximum Gasteiger partial charge on any atom is 0.231 e. The predicted molar refractivity (Wildman–Crippen MR) is 115 cm³/mol. The fourth-order valence-electron chi connectivity index (χ4n) is 2.95. The average Bonchev–Trinajstić information content (AvgIpc) is 3.37. The maximum atomic E-state index is 5.93. The minimum atomic E-state index is 0.258. The third-order valence-electron chi connectivity index (χ3n) is 4.38. The van der Waals surface area contributed by atoms with Gasteiger partial charge < -0.3 is 23.9 Å². The van der Waals surface area contributed by atoms with Gasteiger partial charge in [0, 0.05) is 11.9 Å². The molecule has 0 bridgehead atoms. The molecular weight excluding hydrogens is 390 g/mol. The second-order valence-corrected chi connectivity index (χ2v) is 6.81. The second kappa shape index (κ2) is 8.40. The first-order valence-corrected chi connectivity index (χ1v) is 9.67. The molecule has 1 aliphatic rings. The molecule has 2 N–H and O–H groups in total. The summed E-state index contributed by atoms with van der Waals surface area (Å²) in [5.74, 6) is 2.87. The molecule has 4 rings (SSSR count). The van der Waals surface area contributed by atoms with Gasteiger partial charge in [-0.25, -0.2) is 0 Å². The van der Waals surface area contributed by atoms with Crippen LogP contribution < -0.4 is 25.0 Å². The van der Waals surface area contributed by atoms with E-state index >= 15 is 0 Å².